The first kappa shape index (κ1) is 7.63. The average molecular weight is 137 g/mol. The van der Waals surface area contributed by atoms with E-state index in [0.29, 0.717) is 5.92 Å². The minimum Gasteiger partial charge on any atom is -0.305 e. The van der Waals surface area contributed by atoms with Crippen LogP contribution < -0.4 is 0 Å². The minimum atomic E-state index is 0.485. The SMILES string of the molecule is C#CC1CN(C)CCC1C. The second kappa shape index (κ2) is 3.07. The molecular weight excluding hydrogens is 122 g/mol. The summed E-state index contributed by atoms with van der Waals surface area (Å²) in [5, 5.41) is 0. The van der Waals surface area contributed by atoms with Crippen LogP contribution in [0, 0.1) is 24.2 Å². The van der Waals surface area contributed by atoms with Crippen LogP contribution in [-0.4, -0.2) is 25.0 Å². The highest BCUT2D eigenvalue weighted by Gasteiger charge is 2.21. The highest BCUT2D eigenvalue weighted by molar-refractivity contribution is 4.98. The maximum absolute atomic E-state index is 5.38. The zero-order chi connectivity index (χ0) is 7.56. The molecular formula is C9H15N. The molecule has 1 nitrogen and oxygen atoms in total. The van der Waals surface area contributed by atoms with Crippen LogP contribution in [0.25, 0.3) is 0 Å². The van der Waals surface area contributed by atoms with Crippen LogP contribution >= 0.6 is 0 Å². The topological polar surface area (TPSA) is 3.24 Å². The second-order valence-corrected chi connectivity index (χ2v) is 3.30. The highest BCUT2D eigenvalue weighted by atomic mass is 15.1. The number of terminal acetylenes is 1. The first-order valence-corrected chi connectivity index (χ1v) is 3.88. The first-order chi connectivity index (χ1) is 4.74. The quantitative estimate of drug-likeness (QED) is 0.454. The lowest BCUT2D eigenvalue weighted by molar-refractivity contribution is 0.189. The predicted molar refractivity (Wildman–Crippen MR) is 43.6 cm³/mol. The van der Waals surface area contributed by atoms with Gasteiger partial charge < -0.3 is 4.90 Å². The summed E-state index contributed by atoms with van der Waals surface area (Å²) in [5.41, 5.74) is 0. The number of hydrogen-bond acceptors (Lipinski definition) is 1. The van der Waals surface area contributed by atoms with E-state index >= 15 is 0 Å². The summed E-state index contributed by atoms with van der Waals surface area (Å²) in [6, 6.07) is 0. The lowest BCUT2D eigenvalue weighted by atomic mass is 9.88. The molecule has 0 radical (unpaired) electrons. The largest absolute Gasteiger partial charge is 0.305 e. The van der Waals surface area contributed by atoms with E-state index in [2.05, 4.69) is 24.8 Å². The van der Waals surface area contributed by atoms with Crippen LogP contribution in [-0.2, 0) is 0 Å². The second-order valence-electron chi connectivity index (χ2n) is 3.30. The third kappa shape index (κ3) is 1.52. The van der Waals surface area contributed by atoms with Crippen molar-refractivity contribution in [2.45, 2.75) is 13.3 Å². The standard InChI is InChI=1S/C9H15N/c1-4-9-7-10(3)6-5-8(9)2/h1,8-9H,5-7H2,2-3H3. The normalized spacial score (nSPS) is 35.3. The molecule has 1 heteroatoms. The third-order valence-corrected chi connectivity index (χ3v) is 2.38. The van der Waals surface area contributed by atoms with Crippen LogP contribution in [0.15, 0.2) is 0 Å². The fourth-order valence-electron chi connectivity index (χ4n) is 1.45. The Balaban J connectivity index is 2.47. The van der Waals surface area contributed by atoms with Gasteiger partial charge in [-0.2, -0.15) is 0 Å². The third-order valence-electron chi connectivity index (χ3n) is 2.38. The molecule has 0 aliphatic carbocycles. The van der Waals surface area contributed by atoms with Gasteiger partial charge in [-0.15, -0.1) is 12.3 Å². The Morgan fingerprint density at radius 2 is 2.30 bits per heavy atom. The van der Waals surface area contributed by atoms with Gasteiger partial charge in [0.25, 0.3) is 0 Å². The van der Waals surface area contributed by atoms with Crippen molar-refractivity contribution in [2.75, 3.05) is 20.1 Å². The van der Waals surface area contributed by atoms with E-state index in [1.807, 2.05) is 0 Å². The van der Waals surface area contributed by atoms with Gasteiger partial charge in [0.2, 0.25) is 0 Å². The lowest BCUT2D eigenvalue weighted by Crippen LogP contribution is -2.36. The van der Waals surface area contributed by atoms with Gasteiger partial charge in [-0.05, 0) is 25.9 Å². The fraction of sp³-hybridized carbons (Fsp3) is 0.778. The van der Waals surface area contributed by atoms with Crippen LogP contribution in [0.1, 0.15) is 13.3 Å². The summed E-state index contributed by atoms with van der Waals surface area (Å²) in [7, 11) is 2.14. The Kier molecular flexibility index (Phi) is 2.34. The number of hydrogen-bond donors (Lipinski definition) is 0. The molecule has 0 spiro atoms. The number of nitrogens with zero attached hydrogens (tertiary/aromatic N) is 1. The van der Waals surface area contributed by atoms with Crippen LogP contribution in [0.5, 0.6) is 0 Å². The number of rotatable bonds is 0. The molecule has 0 aromatic rings. The van der Waals surface area contributed by atoms with E-state index in [0.717, 1.165) is 12.5 Å². The molecule has 0 amide bonds. The monoisotopic (exact) mass is 137 g/mol. The van der Waals surface area contributed by atoms with E-state index in [9.17, 15) is 0 Å². The molecule has 1 aliphatic heterocycles. The molecule has 1 fully saturated rings. The van der Waals surface area contributed by atoms with Crippen molar-refractivity contribution in [2.24, 2.45) is 11.8 Å². The molecule has 1 heterocycles. The van der Waals surface area contributed by atoms with Gasteiger partial charge in [0.1, 0.15) is 0 Å². The fourth-order valence-corrected chi connectivity index (χ4v) is 1.45. The molecule has 2 unspecified atom stereocenters. The smallest absolute Gasteiger partial charge is 0.0353 e. The van der Waals surface area contributed by atoms with Gasteiger partial charge in [0, 0.05) is 12.5 Å². The summed E-state index contributed by atoms with van der Waals surface area (Å²) in [6.45, 7) is 4.54. The molecule has 0 N–H and O–H groups in total. The van der Waals surface area contributed by atoms with Crippen molar-refractivity contribution in [3.8, 4) is 12.3 Å². The molecule has 56 valence electrons. The molecule has 0 saturated carbocycles. The summed E-state index contributed by atoms with van der Waals surface area (Å²) >= 11 is 0. The zero-order valence-corrected chi connectivity index (χ0v) is 6.80. The molecule has 0 aromatic carbocycles. The van der Waals surface area contributed by atoms with Crippen molar-refractivity contribution in [1.82, 2.24) is 4.90 Å². The summed E-state index contributed by atoms with van der Waals surface area (Å²) in [5.74, 6) is 4.05. The average Bonchev–Trinajstić information content (AvgIpc) is 1.94. The Hall–Kier alpha value is -0.480. The van der Waals surface area contributed by atoms with E-state index in [1.54, 1.807) is 0 Å². The minimum absolute atomic E-state index is 0.485. The highest BCUT2D eigenvalue weighted by Crippen LogP contribution is 2.20. The predicted octanol–water partition coefficient (Wildman–Crippen LogP) is 1.21. The lowest BCUT2D eigenvalue weighted by Gasteiger charge is -2.31. The maximum Gasteiger partial charge on any atom is 0.0353 e. The molecule has 10 heavy (non-hydrogen) atoms. The Morgan fingerprint density at radius 3 is 2.80 bits per heavy atom. The molecule has 0 aromatic heterocycles. The van der Waals surface area contributed by atoms with E-state index in [1.165, 1.54) is 13.0 Å². The van der Waals surface area contributed by atoms with Crippen molar-refractivity contribution >= 4 is 0 Å². The summed E-state index contributed by atoms with van der Waals surface area (Å²) < 4.78 is 0. The van der Waals surface area contributed by atoms with E-state index in [-0.39, 0.29) is 0 Å². The molecule has 2 atom stereocenters. The van der Waals surface area contributed by atoms with Crippen molar-refractivity contribution in [3.05, 3.63) is 0 Å². The first-order valence-electron chi connectivity index (χ1n) is 3.88. The number of piperidine rings is 1. The molecule has 0 bridgehead atoms. The molecule has 1 rings (SSSR count). The van der Waals surface area contributed by atoms with Gasteiger partial charge in [-0.25, -0.2) is 0 Å². The number of likely N-dealkylation sites (tertiary alicyclic amines) is 1. The van der Waals surface area contributed by atoms with Crippen molar-refractivity contribution in [3.63, 3.8) is 0 Å². The van der Waals surface area contributed by atoms with Crippen LogP contribution in [0.3, 0.4) is 0 Å². The van der Waals surface area contributed by atoms with E-state index in [4.69, 9.17) is 6.42 Å². The Morgan fingerprint density at radius 1 is 1.60 bits per heavy atom. The molecule has 1 aliphatic rings. The zero-order valence-electron chi connectivity index (χ0n) is 6.80. The van der Waals surface area contributed by atoms with Gasteiger partial charge in [0.05, 0.1) is 0 Å². The molecule has 1 saturated heterocycles. The Bertz CT molecular complexity index is 145. The van der Waals surface area contributed by atoms with Gasteiger partial charge in [0.15, 0.2) is 0 Å². The van der Waals surface area contributed by atoms with Gasteiger partial charge in [-0.1, -0.05) is 6.92 Å². The van der Waals surface area contributed by atoms with Gasteiger partial charge >= 0.3 is 0 Å². The van der Waals surface area contributed by atoms with Crippen molar-refractivity contribution in [1.29, 1.82) is 0 Å². The maximum atomic E-state index is 5.38. The van der Waals surface area contributed by atoms with E-state index < -0.39 is 0 Å². The Labute approximate surface area is 63.4 Å². The van der Waals surface area contributed by atoms with Crippen LogP contribution in [0.2, 0.25) is 0 Å². The van der Waals surface area contributed by atoms with Crippen molar-refractivity contribution < 1.29 is 0 Å². The van der Waals surface area contributed by atoms with Crippen LogP contribution in [0.4, 0.5) is 0 Å². The van der Waals surface area contributed by atoms with Gasteiger partial charge in [-0.3, -0.25) is 0 Å². The summed E-state index contributed by atoms with van der Waals surface area (Å²) in [4.78, 5) is 2.31. The summed E-state index contributed by atoms with van der Waals surface area (Å²) in [6.07, 6.45) is 6.63.